The molecule has 0 nitrogen and oxygen atoms in total. The summed E-state index contributed by atoms with van der Waals surface area (Å²) in [6.45, 7) is 9.41. The summed E-state index contributed by atoms with van der Waals surface area (Å²) < 4.78 is 0. The van der Waals surface area contributed by atoms with E-state index in [1.807, 2.05) is 0 Å². The molecule has 0 aliphatic rings. The van der Waals surface area contributed by atoms with Crippen molar-refractivity contribution < 1.29 is 0 Å². The summed E-state index contributed by atoms with van der Waals surface area (Å²) >= 11 is 0. The molecule has 109 valence electrons. The van der Waals surface area contributed by atoms with Crippen LogP contribution in [0.1, 0.15) is 66.2 Å². The molecular weight excluding hydrogens is 248 g/mol. The predicted octanol–water partition coefficient (Wildman–Crippen LogP) is 6.00. The number of benzene rings is 1. The third-order valence-corrected chi connectivity index (χ3v) is 7.69. The van der Waals surface area contributed by atoms with Gasteiger partial charge in [0.05, 0.1) is 0 Å². The Morgan fingerprint density at radius 1 is 0.895 bits per heavy atom. The summed E-state index contributed by atoms with van der Waals surface area (Å²) in [6.07, 6.45) is 8.08. The first kappa shape index (κ1) is 16.6. The molecule has 0 fully saturated rings. The van der Waals surface area contributed by atoms with Crippen LogP contribution in [-0.4, -0.2) is 10.5 Å². The lowest BCUT2D eigenvalue weighted by atomic mass is 10.2. The molecule has 1 heteroatoms. The summed E-state index contributed by atoms with van der Waals surface area (Å²) in [5, 5.41) is 1.80. The SMILES string of the molecule is CCCC(CC)[SH](c1cc[c]cc1)C(CC)CCC. The smallest absolute Gasteiger partial charge is 0.00987 e. The topological polar surface area (TPSA) is 0 Å². The van der Waals surface area contributed by atoms with E-state index in [-0.39, 0.29) is 10.9 Å². The molecule has 2 unspecified atom stereocenters. The Morgan fingerprint density at radius 2 is 1.37 bits per heavy atom. The standard InChI is InChI=1S/C18H31S/c1-5-12-16(7-3)19(17(8-4)13-6-2)18-14-10-9-11-15-18/h10-11,14-17,19H,5-8,12-13H2,1-4H3. The van der Waals surface area contributed by atoms with Crippen LogP contribution in [0.4, 0.5) is 0 Å². The zero-order valence-corrected chi connectivity index (χ0v) is 14.0. The average molecular weight is 280 g/mol. The summed E-state index contributed by atoms with van der Waals surface area (Å²) in [5.74, 6) is 0. The monoisotopic (exact) mass is 279 g/mol. The molecule has 1 aromatic carbocycles. The Kier molecular flexibility index (Phi) is 8.29. The first-order valence-electron chi connectivity index (χ1n) is 8.02. The number of hydrogen-bond donors (Lipinski definition) is 1. The van der Waals surface area contributed by atoms with Crippen LogP contribution in [0.3, 0.4) is 0 Å². The molecule has 0 aromatic heterocycles. The van der Waals surface area contributed by atoms with Crippen molar-refractivity contribution in [1.82, 2.24) is 0 Å². The molecule has 0 bridgehead atoms. The van der Waals surface area contributed by atoms with E-state index in [9.17, 15) is 0 Å². The van der Waals surface area contributed by atoms with Gasteiger partial charge in [-0.15, -0.1) is 0 Å². The van der Waals surface area contributed by atoms with E-state index in [1.54, 1.807) is 4.90 Å². The van der Waals surface area contributed by atoms with Crippen molar-refractivity contribution in [2.24, 2.45) is 0 Å². The Morgan fingerprint density at radius 3 is 1.74 bits per heavy atom. The number of thiol groups is 1. The van der Waals surface area contributed by atoms with Crippen LogP contribution in [0.15, 0.2) is 29.2 Å². The van der Waals surface area contributed by atoms with Crippen LogP contribution in [0, 0.1) is 6.07 Å². The lowest BCUT2D eigenvalue weighted by Gasteiger charge is -2.37. The number of hydrogen-bond acceptors (Lipinski definition) is 0. The van der Waals surface area contributed by atoms with Crippen LogP contribution >= 0.6 is 10.9 Å². The maximum atomic E-state index is 3.18. The van der Waals surface area contributed by atoms with Gasteiger partial charge < -0.3 is 0 Å². The quantitative estimate of drug-likeness (QED) is 0.526. The molecule has 0 saturated carbocycles. The van der Waals surface area contributed by atoms with Crippen molar-refractivity contribution in [1.29, 1.82) is 0 Å². The second kappa shape index (κ2) is 9.47. The fraction of sp³-hybridized carbons (Fsp3) is 0.667. The highest BCUT2D eigenvalue weighted by Crippen LogP contribution is 2.50. The van der Waals surface area contributed by atoms with Gasteiger partial charge in [-0.1, -0.05) is 52.7 Å². The Balaban J connectivity index is 3.01. The molecule has 0 heterocycles. The molecule has 1 radical (unpaired) electrons. The molecule has 2 atom stereocenters. The highest BCUT2D eigenvalue weighted by molar-refractivity contribution is 8.18. The van der Waals surface area contributed by atoms with Gasteiger partial charge in [0, 0.05) is 0 Å². The van der Waals surface area contributed by atoms with E-state index in [0.717, 1.165) is 10.5 Å². The van der Waals surface area contributed by atoms with E-state index < -0.39 is 0 Å². The zero-order valence-electron chi connectivity index (χ0n) is 13.2. The van der Waals surface area contributed by atoms with Crippen molar-refractivity contribution >= 4 is 10.9 Å². The molecule has 1 aromatic rings. The highest BCUT2D eigenvalue weighted by atomic mass is 32.2. The normalized spacial score (nSPS) is 16.9. The third-order valence-electron chi connectivity index (χ3n) is 3.97. The van der Waals surface area contributed by atoms with Crippen molar-refractivity contribution in [3.8, 4) is 0 Å². The lowest BCUT2D eigenvalue weighted by molar-refractivity contribution is 0.676. The van der Waals surface area contributed by atoms with Crippen LogP contribution < -0.4 is 0 Å². The summed E-state index contributed by atoms with van der Waals surface area (Å²) in [5.41, 5.74) is 0. The van der Waals surface area contributed by atoms with Crippen molar-refractivity contribution in [2.75, 3.05) is 0 Å². The molecule has 0 saturated heterocycles. The Bertz CT molecular complexity index is 306. The van der Waals surface area contributed by atoms with Crippen molar-refractivity contribution in [3.63, 3.8) is 0 Å². The second-order valence-corrected chi connectivity index (χ2v) is 8.16. The van der Waals surface area contributed by atoms with Gasteiger partial charge in [0.25, 0.3) is 0 Å². The van der Waals surface area contributed by atoms with Gasteiger partial charge in [0.1, 0.15) is 0 Å². The lowest BCUT2D eigenvalue weighted by Crippen LogP contribution is -2.18. The molecule has 0 aliphatic carbocycles. The van der Waals surface area contributed by atoms with Crippen molar-refractivity contribution in [2.45, 2.75) is 81.6 Å². The third kappa shape index (κ3) is 4.87. The van der Waals surface area contributed by atoms with Crippen LogP contribution in [0.2, 0.25) is 0 Å². The first-order valence-corrected chi connectivity index (χ1v) is 9.50. The maximum Gasteiger partial charge on any atom is -0.00987 e. The molecule has 0 aliphatic heterocycles. The van der Waals surface area contributed by atoms with Crippen LogP contribution in [0.25, 0.3) is 0 Å². The summed E-state index contributed by atoms with van der Waals surface area (Å²) in [4.78, 5) is 1.61. The average Bonchev–Trinajstić information content (AvgIpc) is 2.46. The highest BCUT2D eigenvalue weighted by Gasteiger charge is 2.24. The molecule has 0 spiro atoms. The largest absolute Gasteiger partial charge is 0.221 e. The summed E-state index contributed by atoms with van der Waals surface area (Å²) in [7, 11) is -0.0146. The van der Waals surface area contributed by atoms with E-state index >= 15 is 0 Å². The fourth-order valence-electron chi connectivity index (χ4n) is 3.02. The zero-order chi connectivity index (χ0) is 14.1. The first-order chi connectivity index (χ1) is 9.28. The minimum absolute atomic E-state index is 0.0146. The van der Waals surface area contributed by atoms with Crippen LogP contribution in [0.5, 0.6) is 0 Å². The fourth-order valence-corrected chi connectivity index (χ4v) is 6.81. The Hall–Kier alpha value is -0.430. The maximum absolute atomic E-state index is 3.18. The number of rotatable bonds is 9. The molecular formula is C18H31S. The minimum atomic E-state index is -0.0146. The van der Waals surface area contributed by atoms with Gasteiger partial charge in [-0.05, 0) is 59.3 Å². The molecule has 0 amide bonds. The molecule has 19 heavy (non-hydrogen) atoms. The van der Waals surface area contributed by atoms with Gasteiger partial charge in [-0.25, -0.2) is 10.9 Å². The van der Waals surface area contributed by atoms with E-state index in [0.29, 0.717) is 0 Å². The van der Waals surface area contributed by atoms with Gasteiger partial charge in [0.2, 0.25) is 0 Å². The second-order valence-electron chi connectivity index (χ2n) is 5.37. The van der Waals surface area contributed by atoms with Gasteiger partial charge in [-0.3, -0.25) is 0 Å². The van der Waals surface area contributed by atoms with E-state index in [2.05, 4.69) is 58.0 Å². The Labute approximate surface area is 123 Å². The molecule has 0 N–H and O–H groups in total. The van der Waals surface area contributed by atoms with Crippen molar-refractivity contribution in [3.05, 3.63) is 30.3 Å². The predicted molar refractivity (Wildman–Crippen MR) is 90.5 cm³/mol. The van der Waals surface area contributed by atoms with Gasteiger partial charge in [0.15, 0.2) is 0 Å². The summed E-state index contributed by atoms with van der Waals surface area (Å²) in [6, 6.07) is 12.0. The van der Waals surface area contributed by atoms with E-state index in [1.165, 1.54) is 38.5 Å². The minimum Gasteiger partial charge on any atom is -0.221 e. The van der Waals surface area contributed by atoms with E-state index in [4.69, 9.17) is 0 Å². The molecule has 1 rings (SSSR count). The van der Waals surface area contributed by atoms with Gasteiger partial charge in [-0.2, -0.15) is 0 Å². The van der Waals surface area contributed by atoms with Gasteiger partial charge >= 0.3 is 0 Å². The van der Waals surface area contributed by atoms with Crippen LogP contribution in [-0.2, 0) is 0 Å².